The minimum atomic E-state index is -0.662. The van der Waals surface area contributed by atoms with E-state index >= 15 is 0 Å². The summed E-state index contributed by atoms with van der Waals surface area (Å²) in [5.74, 6) is 0.461. The maximum Gasteiger partial charge on any atom is 0.323 e. The second-order valence-corrected chi connectivity index (χ2v) is 10.2. The van der Waals surface area contributed by atoms with Crippen LogP contribution in [-0.4, -0.2) is 25.6 Å². The Morgan fingerprint density at radius 3 is 2.43 bits per heavy atom. The monoisotopic (exact) mass is 619 g/mol. The van der Waals surface area contributed by atoms with Crippen molar-refractivity contribution in [2.75, 3.05) is 21.7 Å². The molecule has 0 saturated carbocycles. The summed E-state index contributed by atoms with van der Waals surface area (Å²) in [5.41, 5.74) is 6.84. The Labute approximate surface area is 253 Å². The first-order chi connectivity index (χ1) is 20.2. The number of hydrogen-bond donors (Lipinski definition) is 4. The molecule has 2 heterocycles. The van der Waals surface area contributed by atoms with Gasteiger partial charge in [-0.25, -0.2) is 19.7 Å². The number of para-hydroxylation sites is 1. The SMILES string of the molecule is C[C@H](Nc1ncnc(N)c1C#N)c1nc2cccc(Cl)c2c(=O)n1-c1cccc(NC(=O)Nc2c(Cl)cccc2Cl)c1. The molecule has 5 N–H and O–H groups in total. The molecular formula is C28H20Cl3N9O2. The van der Waals surface area contributed by atoms with E-state index in [1.807, 2.05) is 6.07 Å². The number of rotatable bonds is 6. The molecule has 3 aromatic carbocycles. The summed E-state index contributed by atoms with van der Waals surface area (Å²) < 4.78 is 1.37. The minimum absolute atomic E-state index is 0.00738. The van der Waals surface area contributed by atoms with Gasteiger partial charge in [0.1, 0.15) is 35.4 Å². The molecule has 42 heavy (non-hydrogen) atoms. The summed E-state index contributed by atoms with van der Waals surface area (Å²) in [6.45, 7) is 1.75. The number of amides is 2. The molecule has 0 aliphatic rings. The molecule has 5 rings (SSSR count). The Balaban J connectivity index is 1.57. The van der Waals surface area contributed by atoms with Crippen molar-refractivity contribution in [3.63, 3.8) is 0 Å². The Bertz CT molecular complexity index is 1940. The van der Waals surface area contributed by atoms with E-state index in [9.17, 15) is 14.9 Å². The third-order valence-corrected chi connectivity index (χ3v) is 7.11. The summed E-state index contributed by atoms with van der Waals surface area (Å²) >= 11 is 18.8. The molecule has 0 saturated heterocycles. The molecule has 11 nitrogen and oxygen atoms in total. The van der Waals surface area contributed by atoms with Crippen molar-refractivity contribution < 1.29 is 4.79 Å². The first-order valence-electron chi connectivity index (χ1n) is 12.3. The average Bonchev–Trinajstić information content (AvgIpc) is 2.95. The molecule has 2 amide bonds. The molecule has 2 aromatic heterocycles. The number of hydrogen-bond acceptors (Lipinski definition) is 8. The number of nitrogens with two attached hydrogens (primary N) is 1. The Morgan fingerprint density at radius 1 is 1.00 bits per heavy atom. The first-order valence-corrected chi connectivity index (χ1v) is 13.4. The third kappa shape index (κ3) is 5.64. The summed E-state index contributed by atoms with van der Waals surface area (Å²) in [5, 5.41) is 19.0. The molecule has 0 spiro atoms. The number of carbonyl (C=O) groups excluding carboxylic acids is 1. The molecule has 0 bridgehead atoms. The van der Waals surface area contributed by atoms with Gasteiger partial charge in [-0.3, -0.25) is 9.36 Å². The molecule has 0 radical (unpaired) electrons. The average molecular weight is 621 g/mol. The van der Waals surface area contributed by atoms with Crippen LogP contribution >= 0.6 is 34.8 Å². The van der Waals surface area contributed by atoms with Crippen molar-refractivity contribution in [3.05, 3.63) is 104 Å². The van der Waals surface area contributed by atoms with Gasteiger partial charge in [0.05, 0.1) is 43.4 Å². The minimum Gasteiger partial charge on any atom is -0.382 e. The number of carbonyl (C=O) groups is 1. The first kappa shape index (κ1) is 28.6. The third-order valence-electron chi connectivity index (χ3n) is 6.17. The molecular weight excluding hydrogens is 601 g/mol. The van der Waals surface area contributed by atoms with Gasteiger partial charge in [0, 0.05) is 5.69 Å². The van der Waals surface area contributed by atoms with Crippen molar-refractivity contribution in [1.82, 2.24) is 19.5 Å². The van der Waals surface area contributed by atoms with Crippen LogP contribution < -0.4 is 27.2 Å². The topological polar surface area (TPSA) is 164 Å². The smallest absolute Gasteiger partial charge is 0.323 e. The summed E-state index contributed by atoms with van der Waals surface area (Å²) in [4.78, 5) is 39.5. The van der Waals surface area contributed by atoms with Crippen molar-refractivity contribution in [3.8, 4) is 11.8 Å². The van der Waals surface area contributed by atoms with E-state index in [-0.39, 0.29) is 49.2 Å². The number of nitrogens with zero attached hydrogens (tertiary/aromatic N) is 5. The lowest BCUT2D eigenvalue weighted by Gasteiger charge is -2.21. The number of anilines is 4. The van der Waals surface area contributed by atoms with Crippen molar-refractivity contribution in [2.45, 2.75) is 13.0 Å². The summed E-state index contributed by atoms with van der Waals surface area (Å²) in [6.07, 6.45) is 1.22. The lowest BCUT2D eigenvalue weighted by molar-refractivity contribution is 0.262. The van der Waals surface area contributed by atoms with E-state index in [1.165, 1.54) is 10.9 Å². The van der Waals surface area contributed by atoms with Crippen LogP contribution in [0.1, 0.15) is 24.4 Å². The maximum atomic E-state index is 13.9. The van der Waals surface area contributed by atoms with Gasteiger partial charge in [-0.15, -0.1) is 0 Å². The number of nitriles is 1. The molecule has 210 valence electrons. The van der Waals surface area contributed by atoms with E-state index in [4.69, 9.17) is 45.5 Å². The molecule has 1 atom stereocenters. The van der Waals surface area contributed by atoms with E-state index in [1.54, 1.807) is 67.6 Å². The zero-order valence-corrected chi connectivity index (χ0v) is 24.0. The Morgan fingerprint density at radius 2 is 1.69 bits per heavy atom. The van der Waals surface area contributed by atoms with E-state index in [0.717, 1.165) is 0 Å². The van der Waals surface area contributed by atoms with Crippen LogP contribution in [0.5, 0.6) is 0 Å². The van der Waals surface area contributed by atoms with Gasteiger partial charge in [0.25, 0.3) is 5.56 Å². The predicted molar refractivity (Wildman–Crippen MR) is 165 cm³/mol. The van der Waals surface area contributed by atoms with Gasteiger partial charge < -0.3 is 21.7 Å². The van der Waals surface area contributed by atoms with Gasteiger partial charge in [0.2, 0.25) is 0 Å². The predicted octanol–water partition coefficient (Wildman–Crippen LogP) is 6.41. The number of aromatic nitrogens is 4. The lowest BCUT2D eigenvalue weighted by Crippen LogP contribution is -2.28. The van der Waals surface area contributed by atoms with Crippen molar-refractivity contribution in [2.24, 2.45) is 0 Å². The largest absolute Gasteiger partial charge is 0.382 e. The van der Waals surface area contributed by atoms with Crippen molar-refractivity contribution in [1.29, 1.82) is 5.26 Å². The standard InChI is InChI=1S/C28H20Cl3N9O2/c1-14(36-25-17(12-32)24(33)34-13-35-25)26-38-21-10-4-7-18(29)22(21)27(41)40(26)16-6-2-5-15(11-16)37-28(42)39-23-19(30)8-3-9-20(23)31/h2-11,13-14H,1H3,(H2,37,39,42)(H3,33,34,35,36)/t14-/m0/s1. The quantitative estimate of drug-likeness (QED) is 0.169. The fourth-order valence-corrected chi connectivity index (χ4v) is 4.99. The molecule has 0 unspecified atom stereocenters. The zero-order chi connectivity index (χ0) is 30.0. The highest BCUT2D eigenvalue weighted by Gasteiger charge is 2.22. The van der Waals surface area contributed by atoms with Crippen LogP contribution in [0, 0.1) is 11.3 Å². The zero-order valence-electron chi connectivity index (χ0n) is 21.7. The van der Waals surface area contributed by atoms with Gasteiger partial charge in [-0.1, -0.05) is 53.0 Å². The van der Waals surface area contributed by atoms with E-state index in [2.05, 4.69) is 25.9 Å². The van der Waals surface area contributed by atoms with Crippen LogP contribution in [0.15, 0.2) is 71.8 Å². The van der Waals surface area contributed by atoms with Crippen LogP contribution in [0.2, 0.25) is 15.1 Å². The number of benzene rings is 3. The highest BCUT2D eigenvalue weighted by Crippen LogP contribution is 2.30. The molecule has 0 aliphatic heterocycles. The highest BCUT2D eigenvalue weighted by atomic mass is 35.5. The maximum absolute atomic E-state index is 13.9. The fourth-order valence-electron chi connectivity index (χ4n) is 4.25. The number of fused-ring (bicyclic) bond motifs is 1. The number of halogens is 3. The number of nitrogen functional groups attached to an aromatic ring is 1. The van der Waals surface area contributed by atoms with Crippen LogP contribution in [0.3, 0.4) is 0 Å². The van der Waals surface area contributed by atoms with Crippen molar-refractivity contribution >= 4 is 74.7 Å². The molecule has 14 heteroatoms. The Kier molecular flexibility index (Phi) is 8.13. The van der Waals surface area contributed by atoms with Gasteiger partial charge in [0.15, 0.2) is 0 Å². The normalized spacial score (nSPS) is 11.5. The fraction of sp³-hybridized carbons (Fsp3) is 0.0714. The lowest BCUT2D eigenvalue weighted by atomic mass is 10.2. The van der Waals surface area contributed by atoms with E-state index in [0.29, 0.717) is 16.9 Å². The van der Waals surface area contributed by atoms with Crippen LogP contribution in [0.4, 0.5) is 27.8 Å². The second kappa shape index (κ2) is 11.9. The van der Waals surface area contributed by atoms with Gasteiger partial charge in [-0.2, -0.15) is 5.26 Å². The molecule has 5 aromatic rings. The second-order valence-electron chi connectivity index (χ2n) is 8.93. The Hall–Kier alpha value is -4.89. The number of nitrogens with one attached hydrogen (secondary N) is 3. The summed E-state index contributed by atoms with van der Waals surface area (Å²) in [6, 6.07) is 17.1. The highest BCUT2D eigenvalue weighted by molar-refractivity contribution is 6.39. The molecule has 0 fully saturated rings. The van der Waals surface area contributed by atoms with Gasteiger partial charge in [-0.05, 0) is 49.4 Å². The number of urea groups is 1. The van der Waals surface area contributed by atoms with Crippen LogP contribution in [-0.2, 0) is 0 Å². The van der Waals surface area contributed by atoms with Gasteiger partial charge >= 0.3 is 6.03 Å². The van der Waals surface area contributed by atoms with Crippen LogP contribution in [0.25, 0.3) is 16.6 Å². The summed E-state index contributed by atoms with van der Waals surface area (Å²) in [7, 11) is 0. The molecule has 0 aliphatic carbocycles. The van der Waals surface area contributed by atoms with E-state index < -0.39 is 17.6 Å².